The van der Waals surface area contributed by atoms with Gasteiger partial charge < -0.3 is 24.2 Å². The summed E-state index contributed by atoms with van der Waals surface area (Å²) in [6.45, 7) is 36.4. The molecular formula is C50H83N5O2+2. The van der Waals surface area contributed by atoms with Gasteiger partial charge in [0, 0.05) is 13.8 Å². The first kappa shape index (κ1) is 45.3. The monoisotopic (exact) mass is 786 g/mol. The summed E-state index contributed by atoms with van der Waals surface area (Å²) in [5.41, 5.74) is 7.43. The van der Waals surface area contributed by atoms with E-state index in [0.29, 0.717) is 11.8 Å². The van der Waals surface area contributed by atoms with Crippen LogP contribution in [-0.2, 0) is 12.8 Å². The molecule has 0 aliphatic carbocycles. The molecule has 0 amide bonds. The molecule has 5 rings (SSSR count). The van der Waals surface area contributed by atoms with E-state index in [1.807, 2.05) is 0 Å². The molecule has 2 unspecified atom stereocenters. The largest absolute Gasteiger partial charge is 0.704 e. The summed E-state index contributed by atoms with van der Waals surface area (Å²) in [5.74, 6) is 3.30. The number of aryl methyl sites for hydroxylation is 2. The molecular weight excluding hydrogens is 703 g/mol. The second-order valence-electron chi connectivity index (χ2n) is 18.3. The average molecular weight is 786 g/mol. The van der Waals surface area contributed by atoms with Gasteiger partial charge in [0.2, 0.25) is 12.1 Å². The SMILES string of the molecule is CCCCC(CCCN(CC)CC)Cc1cc(C)c2c(c1)C=[N+]1C(C)(C)C[N+]3=Cc4cc(CC(CCCN(CC)CC)CCCN(CC)CC)cc(C)c4OC31O2. The maximum Gasteiger partial charge on any atom is 0.704 e. The number of benzene rings is 2. The van der Waals surface area contributed by atoms with Crippen LogP contribution in [0.2, 0.25) is 0 Å². The van der Waals surface area contributed by atoms with Crippen LogP contribution in [0, 0.1) is 25.7 Å². The lowest BCUT2D eigenvalue weighted by Crippen LogP contribution is -2.61. The summed E-state index contributed by atoms with van der Waals surface area (Å²) in [7, 11) is 0. The van der Waals surface area contributed by atoms with E-state index in [1.165, 1.54) is 111 Å². The second-order valence-corrected chi connectivity index (χ2v) is 18.3. The first-order chi connectivity index (χ1) is 27.4. The summed E-state index contributed by atoms with van der Waals surface area (Å²) in [5, 5.41) is 0. The Morgan fingerprint density at radius 1 is 0.579 bits per heavy atom. The predicted molar refractivity (Wildman–Crippen MR) is 241 cm³/mol. The van der Waals surface area contributed by atoms with Crippen LogP contribution in [0.1, 0.15) is 153 Å². The minimum atomic E-state index is -1.03. The van der Waals surface area contributed by atoms with Gasteiger partial charge in [-0.15, -0.1) is 0 Å². The van der Waals surface area contributed by atoms with E-state index in [9.17, 15) is 0 Å². The van der Waals surface area contributed by atoms with Gasteiger partial charge in [0.15, 0.2) is 23.9 Å². The molecule has 7 nitrogen and oxygen atoms in total. The molecule has 1 spiro atoms. The number of unbranched alkanes of at least 4 members (excludes halogenated alkanes) is 1. The first-order valence-electron chi connectivity index (χ1n) is 23.5. The van der Waals surface area contributed by atoms with Gasteiger partial charge in [0.05, 0.1) is 11.1 Å². The molecule has 1 fully saturated rings. The number of rotatable bonds is 25. The molecule has 2 atom stereocenters. The van der Waals surface area contributed by atoms with Gasteiger partial charge in [0.1, 0.15) is 0 Å². The highest BCUT2D eigenvalue weighted by molar-refractivity contribution is 5.84. The molecule has 1 saturated heterocycles. The van der Waals surface area contributed by atoms with E-state index in [0.717, 1.165) is 70.2 Å². The normalized spacial score (nSPS) is 18.6. The minimum absolute atomic E-state index is 0.189. The van der Waals surface area contributed by atoms with Crippen LogP contribution in [0.15, 0.2) is 24.3 Å². The standard InChI is InChI=1S/C50H83N5O2/c1-12-19-23-41(24-20-27-51(13-2)14-3)32-44-31-40(9)48-46(35-44)37-55-49(10,11)38-54-36-45-34-43(30-39(8)47(45)56-50(54,55)57-48)33-42(25-21-28-52(15-4)16-5)26-22-29-53(17-6)18-7/h30-31,34-37,41-42H,12-29,32-33,38H2,1-11H3/q+2. The Bertz CT molecular complexity index is 1630. The second kappa shape index (κ2) is 21.0. The number of ether oxygens (including phenoxy) is 2. The van der Waals surface area contributed by atoms with Crippen LogP contribution >= 0.6 is 0 Å². The zero-order valence-corrected chi connectivity index (χ0v) is 38.5. The first-order valence-corrected chi connectivity index (χ1v) is 23.5. The quantitative estimate of drug-likeness (QED) is 0.0937. The van der Waals surface area contributed by atoms with Crippen LogP contribution in [0.25, 0.3) is 0 Å². The molecule has 0 aromatic heterocycles. The van der Waals surface area contributed by atoms with Crippen molar-refractivity contribution in [3.63, 3.8) is 0 Å². The van der Waals surface area contributed by atoms with Crippen molar-refractivity contribution < 1.29 is 18.6 Å². The summed E-state index contributed by atoms with van der Waals surface area (Å²) in [6.07, 6.45) is 18.5. The van der Waals surface area contributed by atoms with Gasteiger partial charge in [-0.05, 0) is 170 Å². The summed E-state index contributed by atoms with van der Waals surface area (Å²) < 4.78 is 19.1. The summed E-state index contributed by atoms with van der Waals surface area (Å²) >= 11 is 0. The average Bonchev–Trinajstić information content (AvgIpc) is 3.42. The molecule has 3 aliphatic rings. The maximum atomic E-state index is 7.19. The Morgan fingerprint density at radius 2 is 0.982 bits per heavy atom. The Hall–Kier alpha value is -2.74. The third-order valence-corrected chi connectivity index (χ3v) is 13.6. The zero-order chi connectivity index (χ0) is 41.2. The fraction of sp³-hybridized carbons (Fsp3) is 0.720. The molecule has 3 heterocycles. The Balaban J connectivity index is 1.37. The highest BCUT2D eigenvalue weighted by Gasteiger charge is 2.75. The molecule has 0 saturated carbocycles. The van der Waals surface area contributed by atoms with Crippen molar-refractivity contribution in [1.82, 2.24) is 14.7 Å². The molecule has 0 N–H and O–H groups in total. The van der Waals surface area contributed by atoms with Crippen molar-refractivity contribution in [2.45, 2.75) is 158 Å². The van der Waals surface area contributed by atoms with Crippen LogP contribution < -0.4 is 9.47 Å². The van der Waals surface area contributed by atoms with Gasteiger partial charge in [-0.25, -0.2) is 0 Å². The molecule has 2 aromatic carbocycles. The Labute approximate surface area is 349 Å². The third-order valence-electron chi connectivity index (χ3n) is 13.6. The van der Waals surface area contributed by atoms with Crippen molar-refractivity contribution in [2.75, 3.05) is 65.4 Å². The van der Waals surface area contributed by atoms with Crippen LogP contribution in [-0.4, -0.2) is 113 Å². The number of nitrogens with zero attached hydrogens (tertiary/aromatic N) is 5. The highest BCUT2D eigenvalue weighted by Crippen LogP contribution is 2.44. The number of fused-ring (bicyclic) bond motifs is 2. The van der Waals surface area contributed by atoms with Crippen LogP contribution in [0.5, 0.6) is 11.5 Å². The van der Waals surface area contributed by atoms with Crippen molar-refractivity contribution in [2.24, 2.45) is 11.8 Å². The predicted octanol–water partition coefficient (Wildman–Crippen LogP) is 9.93. The third kappa shape index (κ3) is 11.1. The fourth-order valence-corrected chi connectivity index (χ4v) is 10.1. The van der Waals surface area contributed by atoms with Crippen molar-refractivity contribution in [3.8, 4) is 11.5 Å². The Morgan fingerprint density at radius 3 is 1.39 bits per heavy atom. The molecule has 57 heavy (non-hydrogen) atoms. The van der Waals surface area contributed by atoms with E-state index in [-0.39, 0.29) is 5.54 Å². The lowest BCUT2D eigenvalue weighted by Gasteiger charge is -2.30. The fourth-order valence-electron chi connectivity index (χ4n) is 10.1. The lowest BCUT2D eigenvalue weighted by molar-refractivity contribution is -0.867. The number of hydrogen-bond acceptors (Lipinski definition) is 5. The van der Waals surface area contributed by atoms with Crippen molar-refractivity contribution >= 4 is 12.4 Å². The van der Waals surface area contributed by atoms with E-state index in [1.54, 1.807) is 0 Å². The summed E-state index contributed by atoms with van der Waals surface area (Å²) in [6, 6.07) is 8.59. The van der Waals surface area contributed by atoms with E-state index < -0.39 is 6.03 Å². The van der Waals surface area contributed by atoms with Crippen LogP contribution in [0.3, 0.4) is 0 Å². The van der Waals surface area contributed by atoms with Gasteiger partial charge in [-0.1, -0.05) is 89.0 Å². The zero-order valence-electron chi connectivity index (χ0n) is 38.5. The molecule has 318 valence electrons. The van der Waals surface area contributed by atoms with Gasteiger partial charge in [0.25, 0.3) is 0 Å². The Kier molecular flexibility index (Phi) is 16.7. The molecule has 7 heteroatoms. The highest BCUT2D eigenvalue weighted by atomic mass is 16.7. The van der Waals surface area contributed by atoms with Crippen LogP contribution in [0.4, 0.5) is 0 Å². The van der Waals surface area contributed by atoms with Gasteiger partial charge in [-0.2, -0.15) is 0 Å². The minimum Gasteiger partial charge on any atom is -0.340 e. The molecule has 0 radical (unpaired) electrons. The molecule has 2 aromatic rings. The summed E-state index contributed by atoms with van der Waals surface area (Å²) in [4.78, 5) is 7.71. The van der Waals surface area contributed by atoms with E-state index in [4.69, 9.17) is 9.47 Å². The van der Waals surface area contributed by atoms with Crippen molar-refractivity contribution in [3.05, 3.63) is 57.6 Å². The van der Waals surface area contributed by atoms with E-state index in [2.05, 4.69) is 137 Å². The smallest absolute Gasteiger partial charge is 0.340 e. The molecule has 0 bridgehead atoms. The van der Waals surface area contributed by atoms with Gasteiger partial charge >= 0.3 is 6.03 Å². The van der Waals surface area contributed by atoms with Crippen molar-refractivity contribution in [1.29, 1.82) is 0 Å². The topological polar surface area (TPSA) is 34.2 Å². The molecule has 3 aliphatic heterocycles. The van der Waals surface area contributed by atoms with E-state index >= 15 is 0 Å². The number of hydrogen-bond donors (Lipinski definition) is 0. The lowest BCUT2D eigenvalue weighted by atomic mass is 9.88. The maximum absolute atomic E-state index is 7.19. The van der Waals surface area contributed by atoms with Gasteiger partial charge in [-0.3, -0.25) is 0 Å².